The summed E-state index contributed by atoms with van der Waals surface area (Å²) in [5, 5.41) is 2.42. The summed E-state index contributed by atoms with van der Waals surface area (Å²) in [6, 6.07) is 15.5. The highest BCUT2D eigenvalue weighted by molar-refractivity contribution is 5.82. The predicted octanol–water partition coefficient (Wildman–Crippen LogP) is 5.05. The number of carbonyl (C=O) groups excluding carboxylic acids is 2. The van der Waals surface area contributed by atoms with Gasteiger partial charge in [0.2, 0.25) is 5.91 Å². The van der Waals surface area contributed by atoms with E-state index in [4.69, 9.17) is 0 Å². The van der Waals surface area contributed by atoms with Crippen molar-refractivity contribution in [1.82, 2.24) is 35.1 Å². The Balaban J connectivity index is 1.34. The summed E-state index contributed by atoms with van der Waals surface area (Å²) in [5.74, 6) is 4.62. The molecule has 2 aromatic carbocycles. The Morgan fingerprint density at radius 3 is 1.89 bits per heavy atom. The molecule has 4 aromatic rings. The Hall–Kier alpha value is -5.02. The zero-order valence-electron chi connectivity index (χ0n) is 25.8. The number of ether oxygens (including phenoxy) is 1. The molecule has 0 saturated heterocycles. The first-order valence-electron chi connectivity index (χ1n) is 14.5. The van der Waals surface area contributed by atoms with E-state index in [1.165, 1.54) is 12.0 Å². The van der Waals surface area contributed by atoms with Gasteiger partial charge in [0.1, 0.15) is 18.2 Å². The molecule has 0 atom stereocenters. The number of H-pyrrole nitrogens is 2. The standard InChI is InChI=1S/C33H37F2N7O3/c1-5-16-42(31(43)19-38-32(44)45-4)21-30-37-18-28(40-30)26-14-10-24(11-15-26)7-6-23-8-12-25(13-9-23)27-17-36-29(39-27)20-41(3)22-33(2,34)35/h8-15,17-18H,5,16,19-22H2,1-4H3,(H,36,39)(H,37,40)(H,38,44). The van der Waals surface area contributed by atoms with E-state index in [0.29, 0.717) is 24.7 Å². The van der Waals surface area contributed by atoms with E-state index in [2.05, 4.69) is 41.8 Å². The van der Waals surface area contributed by atoms with Gasteiger partial charge in [-0.3, -0.25) is 9.69 Å². The third-order valence-corrected chi connectivity index (χ3v) is 6.72. The largest absolute Gasteiger partial charge is 0.453 e. The van der Waals surface area contributed by atoms with E-state index in [0.717, 1.165) is 47.0 Å². The van der Waals surface area contributed by atoms with Crippen molar-refractivity contribution in [3.05, 3.63) is 83.7 Å². The number of aromatic nitrogens is 4. The summed E-state index contributed by atoms with van der Waals surface area (Å²) in [4.78, 5) is 42.3. The molecular weight excluding hydrogens is 580 g/mol. The lowest BCUT2D eigenvalue weighted by atomic mass is 10.1. The lowest BCUT2D eigenvalue weighted by Gasteiger charge is -2.21. The van der Waals surface area contributed by atoms with Crippen LogP contribution in [0.3, 0.4) is 0 Å². The van der Waals surface area contributed by atoms with Crippen molar-refractivity contribution in [1.29, 1.82) is 0 Å². The SMILES string of the molecule is CCCN(Cc1ncc(-c2ccc(C#Cc3ccc(-c4cnc(CN(C)CC(C)(F)F)[nH]4)cc3)cc2)[nH]1)C(=O)CNC(=O)OC. The van der Waals surface area contributed by atoms with E-state index < -0.39 is 12.0 Å². The number of methoxy groups -OCH3 is 1. The van der Waals surface area contributed by atoms with Crippen LogP contribution in [0.25, 0.3) is 22.5 Å². The zero-order chi connectivity index (χ0) is 32.4. The first-order valence-corrected chi connectivity index (χ1v) is 14.5. The molecule has 0 bridgehead atoms. The molecule has 2 amide bonds. The number of alkyl halides is 2. The topological polar surface area (TPSA) is 119 Å². The second-order valence-electron chi connectivity index (χ2n) is 10.8. The van der Waals surface area contributed by atoms with Gasteiger partial charge in [-0.05, 0) is 48.9 Å². The normalized spacial score (nSPS) is 11.2. The molecule has 0 aliphatic heterocycles. The maximum Gasteiger partial charge on any atom is 0.407 e. The zero-order valence-corrected chi connectivity index (χ0v) is 25.8. The molecule has 3 N–H and O–H groups in total. The maximum atomic E-state index is 13.3. The molecule has 0 spiro atoms. The van der Waals surface area contributed by atoms with Crippen molar-refractivity contribution in [2.45, 2.75) is 39.3 Å². The van der Waals surface area contributed by atoms with Gasteiger partial charge in [0, 0.05) is 24.6 Å². The first kappa shape index (κ1) is 32.9. The Kier molecular flexibility index (Phi) is 11.0. The number of imidazole rings is 2. The van der Waals surface area contributed by atoms with E-state index in [1.807, 2.05) is 55.5 Å². The lowest BCUT2D eigenvalue weighted by Crippen LogP contribution is -2.40. The number of benzene rings is 2. The molecule has 45 heavy (non-hydrogen) atoms. The van der Waals surface area contributed by atoms with E-state index in [-0.39, 0.29) is 25.5 Å². The van der Waals surface area contributed by atoms with E-state index in [9.17, 15) is 18.4 Å². The number of hydrogen-bond donors (Lipinski definition) is 3. The molecule has 236 valence electrons. The highest BCUT2D eigenvalue weighted by atomic mass is 19.3. The fraction of sp³-hybridized carbons (Fsp3) is 0.333. The number of nitrogens with one attached hydrogen (secondary N) is 3. The summed E-state index contributed by atoms with van der Waals surface area (Å²) in [6.45, 7) is 3.50. The van der Waals surface area contributed by atoms with Crippen LogP contribution in [-0.2, 0) is 22.6 Å². The van der Waals surface area contributed by atoms with Gasteiger partial charge < -0.3 is 24.9 Å². The minimum atomic E-state index is -2.76. The number of carbonyl (C=O) groups is 2. The van der Waals surface area contributed by atoms with Crippen molar-refractivity contribution in [2.24, 2.45) is 0 Å². The second kappa shape index (κ2) is 15.1. The molecule has 0 saturated carbocycles. The Morgan fingerprint density at radius 2 is 1.42 bits per heavy atom. The lowest BCUT2D eigenvalue weighted by molar-refractivity contribution is -0.130. The Labute approximate surface area is 261 Å². The molecule has 12 heteroatoms. The van der Waals surface area contributed by atoms with Crippen molar-refractivity contribution >= 4 is 12.0 Å². The van der Waals surface area contributed by atoms with Crippen molar-refractivity contribution in [3.8, 4) is 34.4 Å². The van der Waals surface area contributed by atoms with Crippen LogP contribution in [0.15, 0.2) is 60.9 Å². The van der Waals surface area contributed by atoms with Crippen LogP contribution in [0.2, 0.25) is 0 Å². The monoisotopic (exact) mass is 617 g/mol. The van der Waals surface area contributed by atoms with Gasteiger partial charge in [-0.1, -0.05) is 43.0 Å². The van der Waals surface area contributed by atoms with Crippen molar-refractivity contribution < 1.29 is 23.1 Å². The van der Waals surface area contributed by atoms with Gasteiger partial charge >= 0.3 is 6.09 Å². The van der Waals surface area contributed by atoms with Gasteiger partial charge in [-0.25, -0.2) is 23.5 Å². The number of amides is 2. The minimum absolute atomic E-state index is 0.150. The molecular formula is C33H37F2N7O3. The molecule has 0 fully saturated rings. The number of nitrogens with zero attached hydrogens (tertiary/aromatic N) is 4. The van der Waals surface area contributed by atoms with Gasteiger partial charge in [0.25, 0.3) is 5.92 Å². The van der Waals surface area contributed by atoms with E-state index >= 15 is 0 Å². The van der Waals surface area contributed by atoms with Gasteiger partial charge in [-0.15, -0.1) is 0 Å². The highest BCUT2D eigenvalue weighted by Crippen LogP contribution is 2.20. The quantitative estimate of drug-likeness (QED) is 0.192. The third-order valence-electron chi connectivity index (χ3n) is 6.72. The smallest absolute Gasteiger partial charge is 0.407 e. The number of aromatic amines is 2. The third kappa shape index (κ3) is 10.0. The second-order valence-corrected chi connectivity index (χ2v) is 10.8. The average molecular weight is 618 g/mol. The summed E-state index contributed by atoms with van der Waals surface area (Å²) in [7, 11) is 2.88. The van der Waals surface area contributed by atoms with Gasteiger partial charge in [-0.2, -0.15) is 0 Å². The summed E-state index contributed by atoms with van der Waals surface area (Å²) >= 11 is 0. The molecule has 0 aliphatic carbocycles. The predicted molar refractivity (Wildman–Crippen MR) is 167 cm³/mol. The van der Waals surface area contributed by atoms with Crippen LogP contribution in [-0.4, -0.2) is 81.5 Å². The molecule has 0 radical (unpaired) electrons. The van der Waals surface area contributed by atoms with Crippen LogP contribution in [0.1, 0.15) is 43.0 Å². The molecule has 10 nitrogen and oxygen atoms in total. The Bertz CT molecular complexity index is 1630. The highest BCUT2D eigenvalue weighted by Gasteiger charge is 2.23. The fourth-order valence-electron chi connectivity index (χ4n) is 4.65. The molecule has 0 unspecified atom stereocenters. The number of halogens is 2. The van der Waals surface area contributed by atoms with Crippen LogP contribution in [0, 0.1) is 11.8 Å². The summed E-state index contributed by atoms with van der Waals surface area (Å²) in [6.07, 6.45) is 3.53. The van der Waals surface area contributed by atoms with Gasteiger partial charge in [0.15, 0.2) is 0 Å². The molecule has 4 rings (SSSR count). The number of rotatable bonds is 12. The summed E-state index contributed by atoms with van der Waals surface area (Å²) in [5.41, 5.74) is 5.16. The minimum Gasteiger partial charge on any atom is -0.453 e. The molecule has 2 aromatic heterocycles. The van der Waals surface area contributed by atoms with Crippen molar-refractivity contribution in [2.75, 3.05) is 33.8 Å². The molecule has 0 aliphatic rings. The molecule has 2 heterocycles. The maximum absolute atomic E-state index is 13.3. The van der Waals surface area contributed by atoms with E-state index in [1.54, 1.807) is 24.3 Å². The summed E-state index contributed by atoms with van der Waals surface area (Å²) < 4.78 is 31.0. The number of alkyl carbamates (subject to hydrolysis) is 1. The van der Waals surface area contributed by atoms with Crippen molar-refractivity contribution in [3.63, 3.8) is 0 Å². The first-order chi connectivity index (χ1) is 21.5. The van der Waals surface area contributed by atoms with Crippen LogP contribution in [0.5, 0.6) is 0 Å². The van der Waals surface area contributed by atoms with Crippen LogP contribution >= 0.6 is 0 Å². The Morgan fingerprint density at radius 1 is 0.911 bits per heavy atom. The van der Waals surface area contributed by atoms with Gasteiger partial charge in [0.05, 0.1) is 50.5 Å². The average Bonchev–Trinajstić information content (AvgIpc) is 3.68. The fourth-order valence-corrected chi connectivity index (χ4v) is 4.65. The van der Waals surface area contributed by atoms with Crippen LogP contribution in [0.4, 0.5) is 13.6 Å². The number of hydrogen-bond acceptors (Lipinski definition) is 6. The van der Waals surface area contributed by atoms with Crippen LogP contribution < -0.4 is 5.32 Å².